The lowest BCUT2D eigenvalue weighted by Crippen LogP contribution is -1.99. The molecule has 5 heteroatoms. The van der Waals surface area contributed by atoms with E-state index in [9.17, 15) is 0 Å². The van der Waals surface area contributed by atoms with Crippen LogP contribution in [0, 0.1) is 0 Å². The average Bonchev–Trinajstić information content (AvgIpc) is 2.33. The maximum Gasteiger partial charge on any atom is 0.143 e. The molecule has 0 aliphatic carbocycles. The van der Waals surface area contributed by atoms with E-state index in [0.717, 1.165) is 21.2 Å². The highest BCUT2D eigenvalue weighted by molar-refractivity contribution is 9.10. The van der Waals surface area contributed by atoms with Crippen molar-refractivity contribution in [2.75, 3.05) is 5.32 Å². The number of pyridine rings is 1. The van der Waals surface area contributed by atoms with Crippen molar-refractivity contribution < 1.29 is 0 Å². The lowest BCUT2D eigenvalue weighted by Gasteiger charge is -2.07. The number of benzene rings is 1. The van der Waals surface area contributed by atoms with Crippen LogP contribution in [0.3, 0.4) is 0 Å². The maximum absolute atomic E-state index is 5.82. The van der Waals surface area contributed by atoms with E-state index in [1.165, 1.54) is 5.56 Å². The molecule has 17 heavy (non-hydrogen) atoms. The van der Waals surface area contributed by atoms with Gasteiger partial charge in [0.05, 0.1) is 16.4 Å². The van der Waals surface area contributed by atoms with Crippen LogP contribution in [0.2, 0.25) is 5.15 Å². The Hall–Kier alpha value is -0.580. The Balaban J connectivity index is 2.02. The van der Waals surface area contributed by atoms with Crippen LogP contribution >= 0.6 is 43.5 Å². The van der Waals surface area contributed by atoms with Gasteiger partial charge >= 0.3 is 0 Å². The first-order valence-electron chi connectivity index (χ1n) is 4.94. The van der Waals surface area contributed by atoms with E-state index >= 15 is 0 Å². The van der Waals surface area contributed by atoms with Gasteiger partial charge in [-0.3, -0.25) is 0 Å². The van der Waals surface area contributed by atoms with Crippen molar-refractivity contribution in [3.8, 4) is 0 Å². The van der Waals surface area contributed by atoms with Crippen LogP contribution in [0.25, 0.3) is 0 Å². The molecular weight excluding hydrogens is 367 g/mol. The van der Waals surface area contributed by atoms with E-state index in [4.69, 9.17) is 11.6 Å². The summed E-state index contributed by atoms with van der Waals surface area (Å²) in [5, 5.41) is 3.75. The lowest BCUT2D eigenvalue weighted by molar-refractivity contribution is 1.13. The van der Waals surface area contributed by atoms with Gasteiger partial charge in [0.2, 0.25) is 0 Å². The Kier molecular flexibility index (Phi) is 4.42. The number of rotatable bonds is 3. The fourth-order valence-corrected chi connectivity index (χ4v) is 2.04. The molecule has 0 atom stereocenters. The minimum absolute atomic E-state index is 0.471. The van der Waals surface area contributed by atoms with Crippen molar-refractivity contribution in [2.45, 2.75) is 6.54 Å². The summed E-state index contributed by atoms with van der Waals surface area (Å²) in [5.41, 5.74) is 2.14. The number of aromatic nitrogens is 1. The van der Waals surface area contributed by atoms with E-state index in [2.05, 4.69) is 54.3 Å². The smallest absolute Gasteiger partial charge is 0.143 e. The van der Waals surface area contributed by atoms with Crippen molar-refractivity contribution in [1.82, 2.24) is 4.98 Å². The maximum atomic E-state index is 5.82. The molecule has 1 N–H and O–H groups in total. The zero-order valence-corrected chi connectivity index (χ0v) is 12.7. The largest absolute Gasteiger partial charge is 0.380 e. The molecule has 0 aliphatic heterocycles. The molecule has 0 saturated carbocycles. The molecule has 0 spiro atoms. The molecule has 1 heterocycles. The first-order chi connectivity index (χ1) is 8.15. The predicted octanol–water partition coefficient (Wildman–Crippen LogP) is 4.87. The molecule has 0 saturated heterocycles. The lowest BCUT2D eigenvalue weighted by atomic mass is 10.2. The van der Waals surface area contributed by atoms with Crippen LogP contribution in [-0.4, -0.2) is 4.98 Å². The molecule has 0 fully saturated rings. The fourth-order valence-electron chi connectivity index (χ4n) is 1.32. The quantitative estimate of drug-likeness (QED) is 0.773. The van der Waals surface area contributed by atoms with Gasteiger partial charge in [-0.2, -0.15) is 0 Å². The first kappa shape index (κ1) is 12.9. The Bertz CT molecular complexity index is 514. The molecule has 2 rings (SSSR count). The molecule has 0 aliphatic rings. The minimum Gasteiger partial charge on any atom is -0.380 e. The molecule has 1 aromatic carbocycles. The second-order valence-electron chi connectivity index (χ2n) is 3.48. The highest BCUT2D eigenvalue weighted by Gasteiger charge is 2.00. The number of hydrogen-bond donors (Lipinski definition) is 1. The van der Waals surface area contributed by atoms with Gasteiger partial charge in [-0.25, -0.2) is 4.98 Å². The van der Waals surface area contributed by atoms with Crippen LogP contribution < -0.4 is 5.32 Å². The van der Waals surface area contributed by atoms with Gasteiger partial charge in [0.1, 0.15) is 5.15 Å². The van der Waals surface area contributed by atoms with Crippen molar-refractivity contribution in [3.05, 3.63) is 56.2 Å². The second kappa shape index (κ2) is 5.85. The summed E-state index contributed by atoms with van der Waals surface area (Å²) in [5.74, 6) is 0. The van der Waals surface area contributed by atoms with E-state index in [0.29, 0.717) is 5.15 Å². The van der Waals surface area contributed by atoms with Gasteiger partial charge in [-0.1, -0.05) is 39.7 Å². The Morgan fingerprint density at radius 2 is 1.88 bits per heavy atom. The zero-order valence-electron chi connectivity index (χ0n) is 8.75. The van der Waals surface area contributed by atoms with Crippen LogP contribution in [0.1, 0.15) is 5.56 Å². The van der Waals surface area contributed by atoms with Gasteiger partial charge < -0.3 is 5.32 Å². The van der Waals surface area contributed by atoms with E-state index in [1.807, 2.05) is 18.2 Å². The van der Waals surface area contributed by atoms with E-state index < -0.39 is 0 Å². The summed E-state index contributed by atoms with van der Waals surface area (Å²) in [6, 6.07) is 10.1. The molecule has 2 aromatic rings. The summed E-state index contributed by atoms with van der Waals surface area (Å²) in [6.07, 6.45) is 1.71. The number of anilines is 1. The SMILES string of the molecule is Clc1ncc(NCc2ccc(Br)cc2)cc1Br. The molecule has 0 unspecified atom stereocenters. The van der Waals surface area contributed by atoms with Crippen LogP contribution in [0.4, 0.5) is 5.69 Å². The summed E-state index contributed by atoms with van der Waals surface area (Å²) >= 11 is 12.6. The Morgan fingerprint density at radius 1 is 1.18 bits per heavy atom. The number of halogens is 3. The molecule has 2 nitrogen and oxygen atoms in total. The van der Waals surface area contributed by atoms with Crippen molar-refractivity contribution in [3.63, 3.8) is 0 Å². The molecule has 0 amide bonds. The minimum atomic E-state index is 0.471. The number of hydrogen-bond acceptors (Lipinski definition) is 2. The topological polar surface area (TPSA) is 24.9 Å². The highest BCUT2D eigenvalue weighted by atomic mass is 79.9. The van der Waals surface area contributed by atoms with Gasteiger partial charge in [0.15, 0.2) is 0 Å². The van der Waals surface area contributed by atoms with Crippen molar-refractivity contribution in [1.29, 1.82) is 0 Å². The third-order valence-electron chi connectivity index (χ3n) is 2.21. The summed E-state index contributed by atoms with van der Waals surface area (Å²) < 4.78 is 1.87. The normalized spacial score (nSPS) is 10.3. The molecule has 88 valence electrons. The number of nitrogens with zero attached hydrogens (tertiary/aromatic N) is 1. The summed E-state index contributed by atoms with van der Waals surface area (Å²) in [4.78, 5) is 4.05. The monoisotopic (exact) mass is 374 g/mol. The average molecular weight is 376 g/mol. The molecule has 1 aromatic heterocycles. The van der Waals surface area contributed by atoms with Crippen molar-refractivity contribution >= 4 is 49.1 Å². The third-order valence-corrected chi connectivity index (χ3v) is 3.87. The second-order valence-corrected chi connectivity index (χ2v) is 5.60. The summed E-state index contributed by atoms with van der Waals surface area (Å²) in [7, 11) is 0. The Morgan fingerprint density at radius 3 is 2.53 bits per heavy atom. The predicted molar refractivity (Wildman–Crippen MR) is 78.4 cm³/mol. The van der Waals surface area contributed by atoms with Crippen LogP contribution in [0.5, 0.6) is 0 Å². The van der Waals surface area contributed by atoms with E-state index in [-0.39, 0.29) is 0 Å². The van der Waals surface area contributed by atoms with E-state index in [1.54, 1.807) is 6.20 Å². The third kappa shape index (κ3) is 3.69. The van der Waals surface area contributed by atoms with Crippen LogP contribution in [0.15, 0.2) is 45.5 Å². The zero-order chi connectivity index (χ0) is 12.3. The standard InChI is InChI=1S/C12H9Br2ClN2/c13-9-3-1-8(2-4-9)6-16-10-5-11(14)12(15)17-7-10/h1-5,7,16H,6H2. The van der Waals surface area contributed by atoms with Crippen molar-refractivity contribution in [2.24, 2.45) is 0 Å². The van der Waals surface area contributed by atoms with Gasteiger partial charge in [-0.15, -0.1) is 0 Å². The van der Waals surface area contributed by atoms with Gasteiger partial charge in [0.25, 0.3) is 0 Å². The molecule has 0 bridgehead atoms. The molecular formula is C12H9Br2ClN2. The fraction of sp³-hybridized carbons (Fsp3) is 0.0833. The van der Waals surface area contributed by atoms with Gasteiger partial charge in [0, 0.05) is 11.0 Å². The van der Waals surface area contributed by atoms with Crippen LogP contribution in [-0.2, 0) is 6.54 Å². The van der Waals surface area contributed by atoms with Gasteiger partial charge in [-0.05, 0) is 39.7 Å². The Labute approximate surface area is 122 Å². The first-order valence-corrected chi connectivity index (χ1v) is 6.91. The summed E-state index contributed by atoms with van der Waals surface area (Å²) in [6.45, 7) is 0.753. The number of nitrogens with one attached hydrogen (secondary N) is 1. The highest BCUT2D eigenvalue weighted by Crippen LogP contribution is 2.23. The molecule has 0 radical (unpaired) electrons.